The number of anilines is 1. The van der Waals surface area contributed by atoms with E-state index in [-0.39, 0.29) is 24.5 Å². The summed E-state index contributed by atoms with van der Waals surface area (Å²) in [4.78, 5) is 46.8. The number of carbonyl (C=O) groups is 4. The first-order valence-corrected chi connectivity index (χ1v) is 8.74. The van der Waals surface area contributed by atoms with Crippen molar-refractivity contribution in [3.05, 3.63) is 29.3 Å². The number of hydrazine groups is 1. The summed E-state index contributed by atoms with van der Waals surface area (Å²) in [6.45, 7) is 0. The van der Waals surface area contributed by atoms with Gasteiger partial charge in [-0.3, -0.25) is 24.6 Å². The maximum Gasteiger partial charge on any atom is 0.330 e. The molecule has 144 valence electrons. The highest BCUT2D eigenvalue weighted by Gasteiger charge is 2.29. The molecule has 5 N–H and O–H groups in total. The van der Waals surface area contributed by atoms with Gasteiger partial charge in [-0.1, -0.05) is 11.6 Å². The number of nitrogens with two attached hydrogens (primary N) is 1. The van der Waals surface area contributed by atoms with Crippen molar-refractivity contribution in [2.24, 2.45) is 16.9 Å². The maximum atomic E-state index is 12.4. The molecule has 1 aromatic carbocycles. The van der Waals surface area contributed by atoms with Gasteiger partial charge in [0, 0.05) is 29.3 Å². The lowest BCUT2D eigenvalue weighted by Crippen LogP contribution is -2.41. The fraction of sp³-hybridized carbons (Fsp3) is 0.353. The fourth-order valence-electron chi connectivity index (χ4n) is 2.72. The monoisotopic (exact) mass is 393 g/mol. The summed E-state index contributed by atoms with van der Waals surface area (Å²) in [7, 11) is 0. The van der Waals surface area contributed by atoms with Crippen molar-refractivity contribution in [3.8, 4) is 0 Å². The fourth-order valence-corrected chi connectivity index (χ4v) is 2.84. The Hall–Kier alpha value is -2.78. The molecule has 0 radical (unpaired) electrons. The number of hydrogen-bond acceptors (Lipinski definition) is 6. The zero-order valence-corrected chi connectivity index (χ0v) is 15.2. The second-order valence-corrected chi connectivity index (χ2v) is 6.42. The molecule has 0 aromatic heterocycles. The number of ketones is 1. The van der Waals surface area contributed by atoms with Crippen LogP contribution in [-0.4, -0.2) is 29.2 Å². The Labute approximate surface area is 160 Å². The topological polar surface area (TPSA) is 143 Å². The predicted octanol–water partition coefficient (Wildman–Crippen LogP) is 0.890. The van der Waals surface area contributed by atoms with Gasteiger partial charge in [-0.2, -0.15) is 5.10 Å². The molecule has 1 aliphatic rings. The molecule has 0 spiro atoms. The first kappa shape index (κ1) is 20.5. The van der Waals surface area contributed by atoms with Gasteiger partial charge in [0.1, 0.15) is 5.78 Å². The molecule has 0 aliphatic heterocycles. The van der Waals surface area contributed by atoms with E-state index in [9.17, 15) is 19.2 Å². The molecule has 0 bridgehead atoms. The van der Waals surface area contributed by atoms with Crippen molar-refractivity contribution >= 4 is 46.5 Å². The molecular weight excluding hydrogens is 374 g/mol. The zero-order valence-electron chi connectivity index (χ0n) is 14.5. The van der Waals surface area contributed by atoms with E-state index in [1.165, 1.54) is 0 Å². The average molecular weight is 394 g/mol. The van der Waals surface area contributed by atoms with Gasteiger partial charge in [0.15, 0.2) is 0 Å². The maximum absolute atomic E-state index is 12.4. The van der Waals surface area contributed by atoms with Gasteiger partial charge < -0.3 is 5.32 Å². The van der Waals surface area contributed by atoms with Crippen molar-refractivity contribution in [1.29, 1.82) is 0 Å². The van der Waals surface area contributed by atoms with Gasteiger partial charge in [-0.05, 0) is 43.5 Å². The van der Waals surface area contributed by atoms with Crippen LogP contribution in [0.15, 0.2) is 29.4 Å². The SMILES string of the molecule is NNC(=O)C(=O)N/N=C1/CCC[C@H]1C(=O)CCC(=O)Nc1ccc(Cl)cc1. The minimum absolute atomic E-state index is 0.0349. The number of nitrogens with zero attached hydrogens (tertiary/aromatic N) is 1. The molecule has 1 aliphatic carbocycles. The summed E-state index contributed by atoms with van der Waals surface area (Å²) in [6.07, 6.45) is 1.96. The van der Waals surface area contributed by atoms with Crippen molar-refractivity contribution in [2.75, 3.05) is 5.32 Å². The van der Waals surface area contributed by atoms with Gasteiger partial charge in [0.05, 0.1) is 5.92 Å². The average Bonchev–Trinajstić information content (AvgIpc) is 3.14. The third kappa shape index (κ3) is 6.15. The number of hydrazone groups is 1. The van der Waals surface area contributed by atoms with Gasteiger partial charge >= 0.3 is 11.8 Å². The van der Waals surface area contributed by atoms with E-state index >= 15 is 0 Å². The van der Waals surface area contributed by atoms with Crippen molar-refractivity contribution in [1.82, 2.24) is 10.9 Å². The summed E-state index contributed by atoms with van der Waals surface area (Å²) >= 11 is 5.78. The lowest BCUT2D eigenvalue weighted by Gasteiger charge is -2.10. The van der Waals surface area contributed by atoms with Crippen molar-refractivity contribution < 1.29 is 19.2 Å². The molecule has 1 atom stereocenters. The van der Waals surface area contributed by atoms with E-state index in [1.807, 2.05) is 0 Å². The van der Waals surface area contributed by atoms with Gasteiger partial charge in [-0.15, -0.1) is 0 Å². The number of amides is 3. The standard InChI is InChI=1S/C17H20ClN5O4/c18-10-4-6-11(7-5-10)20-15(25)9-8-14(24)12-2-1-3-13(12)22-23-17(27)16(26)21-19/h4-7,12H,1-3,8-9,19H2,(H,20,25)(H,21,26)(H,23,27)/b22-13-/t12-/m1/s1. The summed E-state index contributed by atoms with van der Waals surface area (Å²) in [5.74, 6) is 1.94. The van der Waals surface area contributed by atoms with E-state index in [0.717, 1.165) is 6.42 Å². The minimum Gasteiger partial charge on any atom is -0.326 e. The molecular formula is C17H20ClN5O4. The number of hydrogen-bond donors (Lipinski definition) is 4. The first-order chi connectivity index (χ1) is 12.9. The second-order valence-electron chi connectivity index (χ2n) is 5.98. The lowest BCUT2D eigenvalue weighted by molar-refractivity contribution is -0.139. The highest BCUT2D eigenvalue weighted by atomic mass is 35.5. The molecule has 2 rings (SSSR count). The van der Waals surface area contributed by atoms with Gasteiger partial charge in [0.25, 0.3) is 0 Å². The first-order valence-electron chi connectivity index (χ1n) is 8.36. The smallest absolute Gasteiger partial charge is 0.326 e. The number of carbonyl (C=O) groups excluding carboxylic acids is 4. The molecule has 0 saturated heterocycles. The molecule has 10 heteroatoms. The predicted molar refractivity (Wildman–Crippen MR) is 99.6 cm³/mol. The van der Waals surface area contributed by atoms with E-state index < -0.39 is 17.7 Å². The Balaban J connectivity index is 1.84. The van der Waals surface area contributed by atoms with Crippen LogP contribution in [-0.2, 0) is 19.2 Å². The van der Waals surface area contributed by atoms with E-state index in [4.69, 9.17) is 17.4 Å². The Morgan fingerprint density at radius 1 is 1.11 bits per heavy atom. The van der Waals surface area contributed by atoms with Crippen LogP contribution in [0, 0.1) is 5.92 Å². The summed E-state index contributed by atoms with van der Waals surface area (Å²) < 4.78 is 0. The Bertz CT molecular complexity index is 763. The Morgan fingerprint density at radius 3 is 2.48 bits per heavy atom. The summed E-state index contributed by atoms with van der Waals surface area (Å²) in [6, 6.07) is 6.65. The quantitative estimate of drug-likeness (QED) is 0.245. The number of nitrogens with one attached hydrogen (secondary N) is 3. The Kier molecular flexibility index (Phi) is 7.44. The third-order valence-electron chi connectivity index (χ3n) is 4.08. The molecule has 9 nitrogen and oxygen atoms in total. The number of benzene rings is 1. The van der Waals surface area contributed by atoms with Gasteiger partial charge in [-0.25, -0.2) is 11.3 Å². The molecule has 3 amide bonds. The van der Waals surface area contributed by atoms with Gasteiger partial charge in [0.2, 0.25) is 5.91 Å². The molecule has 0 unspecified atom stereocenters. The van der Waals surface area contributed by atoms with Crippen LogP contribution in [0.3, 0.4) is 0 Å². The number of rotatable bonds is 6. The highest BCUT2D eigenvalue weighted by molar-refractivity contribution is 6.35. The van der Waals surface area contributed by atoms with Crippen molar-refractivity contribution in [2.45, 2.75) is 32.1 Å². The van der Waals surface area contributed by atoms with Crippen LogP contribution in [0.5, 0.6) is 0 Å². The van der Waals surface area contributed by atoms with Crippen molar-refractivity contribution in [3.63, 3.8) is 0 Å². The van der Waals surface area contributed by atoms with E-state index in [1.54, 1.807) is 29.7 Å². The molecule has 27 heavy (non-hydrogen) atoms. The molecule has 0 heterocycles. The van der Waals surface area contributed by atoms with Crippen LogP contribution in [0.2, 0.25) is 5.02 Å². The molecule has 1 fully saturated rings. The van der Waals surface area contributed by atoms with Crippen LogP contribution < -0.4 is 22.0 Å². The molecule has 1 saturated carbocycles. The van der Waals surface area contributed by atoms with E-state index in [0.29, 0.717) is 29.3 Å². The van der Waals surface area contributed by atoms with Crippen LogP contribution in [0.1, 0.15) is 32.1 Å². The largest absolute Gasteiger partial charge is 0.330 e. The lowest BCUT2D eigenvalue weighted by atomic mass is 9.97. The molecule has 1 aromatic rings. The summed E-state index contributed by atoms with van der Waals surface area (Å²) in [5, 5.41) is 7.12. The normalized spacial score (nSPS) is 17.4. The number of Topliss-reactive ketones (excluding diaryl/α,β-unsaturated/α-hetero) is 1. The third-order valence-corrected chi connectivity index (χ3v) is 4.33. The summed E-state index contributed by atoms with van der Waals surface area (Å²) in [5.41, 5.74) is 4.86. The zero-order chi connectivity index (χ0) is 19.8. The van der Waals surface area contributed by atoms with Crippen LogP contribution in [0.25, 0.3) is 0 Å². The van der Waals surface area contributed by atoms with Crippen LogP contribution >= 0.6 is 11.6 Å². The number of halogens is 1. The van der Waals surface area contributed by atoms with Crippen LogP contribution in [0.4, 0.5) is 5.69 Å². The second kappa shape index (κ2) is 9.79. The van der Waals surface area contributed by atoms with E-state index in [2.05, 4.69) is 15.8 Å². The Morgan fingerprint density at radius 2 is 1.81 bits per heavy atom. The minimum atomic E-state index is -1.03. The highest BCUT2D eigenvalue weighted by Crippen LogP contribution is 2.25.